The molecule has 7 heteroatoms. The minimum Gasteiger partial charge on any atom is -0.454 e. The Balaban J connectivity index is 1.62. The van der Waals surface area contributed by atoms with E-state index >= 15 is 0 Å². The molecule has 30 heavy (non-hydrogen) atoms. The van der Waals surface area contributed by atoms with Gasteiger partial charge in [-0.15, -0.1) is 0 Å². The standard InChI is InChI=1S/C23H15FN2O4/c24-17-7-6-13(8-19(17)29-14-4-2-1-3-5-14)22-15-9-20-21(28-12-27-20)10-18(15)30-23(26)16(22)11-25/h1-10,22H,12,26H2/t22-/m0/s1. The quantitative estimate of drug-likeness (QED) is 0.691. The van der Waals surface area contributed by atoms with E-state index in [4.69, 9.17) is 24.7 Å². The predicted octanol–water partition coefficient (Wildman–Crippen LogP) is 4.56. The van der Waals surface area contributed by atoms with Crippen molar-refractivity contribution in [3.63, 3.8) is 0 Å². The summed E-state index contributed by atoms with van der Waals surface area (Å²) < 4.78 is 36.7. The van der Waals surface area contributed by atoms with Gasteiger partial charge in [-0.3, -0.25) is 0 Å². The van der Waals surface area contributed by atoms with E-state index in [0.29, 0.717) is 34.1 Å². The third-order valence-corrected chi connectivity index (χ3v) is 4.97. The van der Waals surface area contributed by atoms with E-state index in [1.165, 1.54) is 6.07 Å². The molecule has 6 nitrogen and oxygen atoms in total. The Hall–Kier alpha value is -4.18. The van der Waals surface area contributed by atoms with Crippen molar-refractivity contribution < 1.29 is 23.3 Å². The number of halogens is 1. The summed E-state index contributed by atoms with van der Waals surface area (Å²) in [6.07, 6.45) is 0. The van der Waals surface area contributed by atoms with Crippen molar-refractivity contribution >= 4 is 0 Å². The molecule has 2 heterocycles. The number of hydrogen-bond donors (Lipinski definition) is 1. The van der Waals surface area contributed by atoms with Crippen molar-refractivity contribution in [2.24, 2.45) is 5.73 Å². The molecule has 3 aromatic rings. The van der Waals surface area contributed by atoms with Crippen LogP contribution in [0.5, 0.6) is 28.7 Å². The smallest absolute Gasteiger partial charge is 0.231 e. The molecule has 0 radical (unpaired) electrons. The van der Waals surface area contributed by atoms with Crippen molar-refractivity contribution in [3.8, 4) is 34.8 Å². The van der Waals surface area contributed by atoms with Gasteiger partial charge >= 0.3 is 0 Å². The third kappa shape index (κ3) is 2.95. The summed E-state index contributed by atoms with van der Waals surface area (Å²) in [6, 6.07) is 18.9. The van der Waals surface area contributed by atoms with Crippen LogP contribution in [0.1, 0.15) is 17.0 Å². The van der Waals surface area contributed by atoms with E-state index < -0.39 is 11.7 Å². The van der Waals surface area contributed by atoms with Gasteiger partial charge in [0.1, 0.15) is 23.1 Å². The van der Waals surface area contributed by atoms with Crippen LogP contribution in [0, 0.1) is 17.1 Å². The molecule has 1 atom stereocenters. The molecule has 148 valence electrons. The molecule has 5 rings (SSSR count). The molecule has 2 aliphatic heterocycles. The zero-order valence-electron chi connectivity index (χ0n) is 15.6. The number of fused-ring (bicyclic) bond motifs is 2. The third-order valence-electron chi connectivity index (χ3n) is 4.97. The Labute approximate surface area is 171 Å². The maximum absolute atomic E-state index is 14.5. The first-order valence-electron chi connectivity index (χ1n) is 9.17. The van der Waals surface area contributed by atoms with E-state index in [-0.39, 0.29) is 24.0 Å². The predicted molar refractivity (Wildman–Crippen MR) is 105 cm³/mol. The minimum atomic E-state index is -0.577. The second kappa shape index (κ2) is 7.01. The summed E-state index contributed by atoms with van der Waals surface area (Å²) in [4.78, 5) is 0. The summed E-state index contributed by atoms with van der Waals surface area (Å²) in [5.74, 6) is 0.974. The van der Waals surface area contributed by atoms with E-state index in [1.807, 2.05) is 6.07 Å². The number of allylic oxidation sites excluding steroid dienone is 1. The first-order chi connectivity index (χ1) is 14.6. The van der Waals surface area contributed by atoms with E-state index in [1.54, 1.807) is 48.5 Å². The molecule has 2 N–H and O–H groups in total. The van der Waals surface area contributed by atoms with Gasteiger partial charge < -0.3 is 24.7 Å². The molecule has 0 aromatic heterocycles. The lowest BCUT2D eigenvalue weighted by molar-refractivity contribution is 0.174. The van der Waals surface area contributed by atoms with E-state index in [9.17, 15) is 9.65 Å². The first kappa shape index (κ1) is 17.9. The molecule has 3 aromatic carbocycles. The Morgan fingerprint density at radius 1 is 1.00 bits per heavy atom. The number of rotatable bonds is 3. The van der Waals surface area contributed by atoms with Gasteiger partial charge in [0.05, 0.1) is 5.92 Å². The number of nitriles is 1. The van der Waals surface area contributed by atoms with Crippen LogP contribution in [0.15, 0.2) is 72.1 Å². The maximum atomic E-state index is 14.5. The fraction of sp³-hybridized carbons (Fsp3) is 0.0870. The number of ether oxygens (including phenoxy) is 4. The van der Waals surface area contributed by atoms with Crippen molar-refractivity contribution in [3.05, 3.63) is 89.1 Å². The normalized spacial score (nSPS) is 16.5. The highest BCUT2D eigenvalue weighted by molar-refractivity contribution is 5.61. The average molecular weight is 402 g/mol. The van der Waals surface area contributed by atoms with Crippen molar-refractivity contribution in [1.29, 1.82) is 5.26 Å². The van der Waals surface area contributed by atoms with Crippen molar-refractivity contribution in [2.75, 3.05) is 6.79 Å². The van der Waals surface area contributed by atoms with Crippen molar-refractivity contribution in [1.82, 2.24) is 0 Å². The summed E-state index contributed by atoms with van der Waals surface area (Å²) in [7, 11) is 0. The van der Waals surface area contributed by atoms with Gasteiger partial charge in [-0.2, -0.15) is 5.26 Å². The maximum Gasteiger partial charge on any atom is 0.231 e. The van der Waals surface area contributed by atoms with Crippen LogP contribution in [-0.4, -0.2) is 6.79 Å². The SMILES string of the molecule is N#CC1=C(N)Oc2cc3c(cc2[C@@H]1c1ccc(F)c(Oc2ccccc2)c1)OCO3. The zero-order valence-corrected chi connectivity index (χ0v) is 15.6. The van der Waals surface area contributed by atoms with Crippen molar-refractivity contribution in [2.45, 2.75) is 5.92 Å². The van der Waals surface area contributed by atoms with Gasteiger partial charge in [0.2, 0.25) is 12.7 Å². The lowest BCUT2D eigenvalue weighted by Crippen LogP contribution is -2.21. The van der Waals surface area contributed by atoms with Gasteiger partial charge in [0.15, 0.2) is 23.1 Å². The number of nitrogens with two attached hydrogens (primary N) is 1. The lowest BCUT2D eigenvalue weighted by Gasteiger charge is -2.27. The second-order valence-corrected chi connectivity index (χ2v) is 6.77. The molecule has 0 saturated carbocycles. The topological polar surface area (TPSA) is 86.7 Å². The van der Waals surface area contributed by atoms with Gasteiger partial charge in [-0.1, -0.05) is 24.3 Å². The Kier molecular flexibility index (Phi) is 4.18. The van der Waals surface area contributed by atoms with Gasteiger partial charge in [0.25, 0.3) is 0 Å². The summed E-state index contributed by atoms with van der Waals surface area (Å²) in [5.41, 5.74) is 7.55. The Morgan fingerprint density at radius 2 is 1.77 bits per heavy atom. The molecule has 0 bridgehead atoms. The highest BCUT2D eigenvalue weighted by atomic mass is 19.1. The van der Waals surface area contributed by atoms with Crippen LogP contribution in [0.3, 0.4) is 0 Å². The fourth-order valence-electron chi connectivity index (χ4n) is 3.58. The highest BCUT2D eigenvalue weighted by Gasteiger charge is 2.33. The Morgan fingerprint density at radius 3 is 2.53 bits per heavy atom. The molecule has 0 saturated heterocycles. The highest BCUT2D eigenvalue weighted by Crippen LogP contribution is 2.48. The van der Waals surface area contributed by atoms with Crippen LogP contribution in [0.2, 0.25) is 0 Å². The number of nitrogens with zero attached hydrogens (tertiary/aromatic N) is 1. The molecule has 0 aliphatic carbocycles. The van der Waals surface area contributed by atoms with Gasteiger partial charge in [-0.05, 0) is 35.9 Å². The van der Waals surface area contributed by atoms with E-state index in [0.717, 1.165) is 0 Å². The van der Waals surface area contributed by atoms with Crippen LogP contribution in [0.25, 0.3) is 0 Å². The molecule has 0 unspecified atom stereocenters. The number of hydrogen-bond acceptors (Lipinski definition) is 6. The Bertz CT molecular complexity index is 1220. The van der Waals surface area contributed by atoms with Crippen LogP contribution >= 0.6 is 0 Å². The van der Waals surface area contributed by atoms with Crippen LogP contribution in [-0.2, 0) is 0 Å². The molecule has 2 aliphatic rings. The first-order valence-corrected chi connectivity index (χ1v) is 9.17. The van der Waals surface area contributed by atoms with Gasteiger partial charge in [-0.25, -0.2) is 4.39 Å². The van der Waals surface area contributed by atoms with Crippen LogP contribution in [0.4, 0.5) is 4.39 Å². The summed E-state index contributed by atoms with van der Waals surface area (Å²) >= 11 is 0. The molecule has 0 fully saturated rings. The van der Waals surface area contributed by atoms with Crippen LogP contribution < -0.4 is 24.7 Å². The number of benzene rings is 3. The average Bonchev–Trinajstić information content (AvgIpc) is 3.21. The zero-order chi connectivity index (χ0) is 20.7. The molecular formula is C23H15FN2O4. The monoisotopic (exact) mass is 402 g/mol. The molecule has 0 amide bonds. The fourth-order valence-corrected chi connectivity index (χ4v) is 3.58. The molecule has 0 spiro atoms. The van der Waals surface area contributed by atoms with Gasteiger partial charge in [0, 0.05) is 11.6 Å². The second-order valence-electron chi connectivity index (χ2n) is 6.77. The largest absolute Gasteiger partial charge is 0.454 e. The summed E-state index contributed by atoms with van der Waals surface area (Å²) in [6.45, 7) is 0.0997. The lowest BCUT2D eigenvalue weighted by atomic mass is 9.83. The minimum absolute atomic E-state index is 0.0104. The summed E-state index contributed by atoms with van der Waals surface area (Å²) in [5, 5.41) is 9.74. The van der Waals surface area contributed by atoms with E-state index in [2.05, 4.69) is 6.07 Å². The number of para-hydroxylation sites is 1. The molecular weight excluding hydrogens is 387 g/mol.